The molecule has 4 nitrogen and oxygen atoms in total. The predicted octanol–water partition coefficient (Wildman–Crippen LogP) is -0.00420. The van der Waals surface area contributed by atoms with Crippen LogP contribution in [0.3, 0.4) is 0 Å². The van der Waals surface area contributed by atoms with Crippen molar-refractivity contribution in [2.45, 2.75) is 13.3 Å². The largest absolute Gasteiger partial charge is 0.377 e. The number of carbonyl (C=O) groups excluding carboxylic acids is 2. The molecule has 0 unspecified atom stereocenters. The summed E-state index contributed by atoms with van der Waals surface area (Å²) in [5, 5.41) is 2.14. The van der Waals surface area contributed by atoms with Gasteiger partial charge in [-0.1, -0.05) is 6.92 Å². The maximum Gasteiger partial charge on any atom is 0.256 e. The third-order valence-corrected chi connectivity index (χ3v) is 1.44. The molecule has 1 aliphatic rings. The van der Waals surface area contributed by atoms with E-state index in [1.165, 1.54) is 6.08 Å². The molecule has 0 aromatic heterocycles. The summed E-state index contributed by atoms with van der Waals surface area (Å²) in [6, 6.07) is 0. The zero-order valence-corrected chi connectivity index (χ0v) is 6.92. The van der Waals surface area contributed by atoms with Crippen LogP contribution >= 0.6 is 0 Å². The van der Waals surface area contributed by atoms with Gasteiger partial charge >= 0.3 is 0 Å². The van der Waals surface area contributed by atoms with Gasteiger partial charge in [-0.05, 0) is 6.42 Å². The van der Waals surface area contributed by atoms with E-state index in [2.05, 4.69) is 5.32 Å². The van der Waals surface area contributed by atoms with Crippen molar-refractivity contribution in [3.63, 3.8) is 0 Å². The summed E-state index contributed by atoms with van der Waals surface area (Å²) in [5.41, 5.74) is 0.411. The highest BCUT2D eigenvalue weighted by Gasteiger charge is 2.19. The third kappa shape index (κ3) is 2.17. The molecule has 0 radical (unpaired) electrons. The van der Waals surface area contributed by atoms with E-state index >= 15 is 0 Å². The van der Waals surface area contributed by atoms with Crippen molar-refractivity contribution >= 4 is 11.8 Å². The number of imide groups is 1. The highest BCUT2D eigenvalue weighted by atomic mass is 16.5. The Bertz CT molecular complexity index is 232. The lowest BCUT2D eigenvalue weighted by Gasteiger charge is -2.00. The summed E-state index contributed by atoms with van der Waals surface area (Å²) in [5.74, 6) is -0.689. The van der Waals surface area contributed by atoms with Gasteiger partial charge in [-0.3, -0.25) is 14.9 Å². The van der Waals surface area contributed by atoms with Gasteiger partial charge in [0, 0.05) is 18.3 Å². The Morgan fingerprint density at radius 3 is 2.75 bits per heavy atom. The molecule has 1 aliphatic heterocycles. The second kappa shape index (κ2) is 4.01. The lowest BCUT2D eigenvalue weighted by molar-refractivity contribution is -0.124. The molecule has 0 aromatic rings. The monoisotopic (exact) mass is 169 g/mol. The van der Waals surface area contributed by atoms with Crippen LogP contribution in [-0.2, 0) is 14.3 Å². The van der Waals surface area contributed by atoms with Gasteiger partial charge in [0.2, 0.25) is 0 Å². The fourth-order valence-electron chi connectivity index (χ4n) is 0.886. The number of amides is 2. The average Bonchev–Trinajstić information content (AvgIpc) is 2.31. The van der Waals surface area contributed by atoms with E-state index in [0.717, 1.165) is 6.42 Å². The first-order valence-electron chi connectivity index (χ1n) is 3.87. The molecule has 0 saturated carbocycles. The Kier molecular flexibility index (Phi) is 2.99. The minimum Gasteiger partial charge on any atom is -0.377 e. The Labute approximate surface area is 70.6 Å². The van der Waals surface area contributed by atoms with Gasteiger partial charge in [-0.2, -0.15) is 0 Å². The van der Waals surface area contributed by atoms with Crippen molar-refractivity contribution in [2.75, 3.05) is 13.2 Å². The van der Waals surface area contributed by atoms with Gasteiger partial charge in [0.1, 0.15) is 0 Å². The normalized spacial score (nSPS) is 16.2. The number of hydrogen-bond acceptors (Lipinski definition) is 3. The van der Waals surface area contributed by atoms with Crippen LogP contribution in [0.15, 0.2) is 11.6 Å². The van der Waals surface area contributed by atoms with Crippen LogP contribution in [-0.4, -0.2) is 25.0 Å². The van der Waals surface area contributed by atoms with Gasteiger partial charge in [0.05, 0.1) is 6.61 Å². The summed E-state index contributed by atoms with van der Waals surface area (Å²) in [6.45, 7) is 2.82. The molecule has 0 aliphatic carbocycles. The number of hydrogen-bond donors (Lipinski definition) is 1. The first-order chi connectivity index (χ1) is 5.74. The lowest BCUT2D eigenvalue weighted by Crippen LogP contribution is -2.23. The molecule has 0 aromatic carbocycles. The number of rotatable bonds is 4. The molecule has 0 atom stereocenters. The zero-order valence-electron chi connectivity index (χ0n) is 6.92. The maximum atomic E-state index is 10.9. The molecule has 1 heterocycles. The molecule has 0 fully saturated rings. The zero-order chi connectivity index (χ0) is 8.97. The van der Waals surface area contributed by atoms with Gasteiger partial charge in [-0.25, -0.2) is 0 Å². The Hall–Kier alpha value is -1.16. The van der Waals surface area contributed by atoms with Crippen molar-refractivity contribution in [1.29, 1.82) is 0 Å². The minimum atomic E-state index is -0.352. The van der Waals surface area contributed by atoms with Crippen LogP contribution in [0.2, 0.25) is 0 Å². The average molecular weight is 169 g/mol. The van der Waals surface area contributed by atoms with E-state index in [9.17, 15) is 9.59 Å². The van der Waals surface area contributed by atoms with Crippen molar-refractivity contribution in [1.82, 2.24) is 5.32 Å². The summed E-state index contributed by atoms with van der Waals surface area (Å²) < 4.78 is 5.10. The van der Waals surface area contributed by atoms with Crippen LogP contribution < -0.4 is 5.32 Å². The topological polar surface area (TPSA) is 55.4 Å². The summed E-state index contributed by atoms with van der Waals surface area (Å²) in [4.78, 5) is 21.5. The third-order valence-electron chi connectivity index (χ3n) is 1.44. The summed E-state index contributed by atoms with van der Waals surface area (Å²) >= 11 is 0. The minimum absolute atomic E-state index is 0.228. The first-order valence-corrected chi connectivity index (χ1v) is 3.87. The molecule has 0 spiro atoms. The van der Waals surface area contributed by atoms with E-state index in [-0.39, 0.29) is 18.4 Å². The van der Waals surface area contributed by atoms with Crippen molar-refractivity contribution < 1.29 is 14.3 Å². The molecule has 12 heavy (non-hydrogen) atoms. The standard InChI is InChI=1S/C8H11NO3/c1-2-3-12-5-6-4-7(10)9-8(6)11/h4H,2-3,5H2,1H3,(H,9,10,11). The van der Waals surface area contributed by atoms with Gasteiger partial charge < -0.3 is 4.74 Å². The van der Waals surface area contributed by atoms with E-state index in [1.807, 2.05) is 6.92 Å². The Balaban J connectivity index is 2.36. The molecule has 66 valence electrons. The fraction of sp³-hybridized carbons (Fsp3) is 0.500. The van der Waals surface area contributed by atoms with E-state index < -0.39 is 0 Å². The Morgan fingerprint density at radius 2 is 2.25 bits per heavy atom. The maximum absolute atomic E-state index is 10.9. The van der Waals surface area contributed by atoms with Crippen LogP contribution in [0, 0.1) is 0 Å². The second-order valence-electron chi connectivity index (χ2n) is 2.54. The van der Waals surface area contributed by atoms with Crippen molar-refractivity contribution in [2.24, 2.45) is 0 Å². The molecule has 1 rings (SSSR count). The molecular weight excluding hydrogens is 158 g/mol. The van der Waals surface area contributed by atoms with Crippen LogP contribution in [0.1, 0.15) is 13.3 Å². The number of ether oxygens (including phenoxy) is 1. The van der Waals surface area contributed by atoms with Crippen LogP contribution in [0.5, 0.6) is 0 Å². The molecule has 0 bridgehead atoms. The van der Waals surface area contributed by atoms with E-state index in [0.29, 0.717) is 12.2 Å². The molecule has 4 heteroatoms. The van der Waals surface area contributed by atoms with Crippen molar-refractivity contribution in [3.05, 3.63) is 11.6 Å². The van der Waals surface area contributed by atoms with Gasteiger partial charge in [-0.15, -0.1) is 0 Å². The molecule has 0 saturated heterocycles. The van der Waals surface area contributed by atoms with Gasteiger partial charge in [0.15, 0.2) is 0 Å². The van der Waals surface area contributed by atoms with Gasteiger partial charge in [0.25, 0.3) is 11.8 Å². The number of carbonyl (C=O) groups is 2. The smallest absolute Gasteiger partial charge is 0.256 e. The highest BCUT2D eigenvalue weighted by molar-refractivity contribution is 6.16. The van der Waals surface area contributed by atoms with Crippen molar-refractivity contribution in [3.8, 4) is 0 Å². The fourth-order valence-corrected chi connectivity index (χ4v) is 0.886. The number of nitrogens with one attached hydrogen (secondary N) is 1. The SMILES string of the molecule is CCCOCC1=CC(=O)NC1=O. The van der Waals surface area contributed by atoms with Crippen LogP contribution in [0.4, 0.5) is 0 Å². The molecule has 2 amide bonds. The molecule has 1 N–H and O–H groups in total. The summed E-state index contributed by atoms with van der Waals surface area (Å²) in [6.07, 6.45) is 2.18. The lowest BCUT2D eigenvalue weighted by atomic mass is 10.3. The van der Waals surface area contributed by atoms with E-state index in [1.54, 1.807) is 0 Å². The molecular formula is C8H11NO3. The van der Waals surface area contributed by atoms with E-state index in [4.69, 9.17) is 4.74 Å². The second-order valence-corrected chi connectivity index (χ2v) is 2.54. The first kappa shape index (κ1) is 8.93. The van der Waals surface area contributed by atoms with Crippen LogP contribution in [0.25, 0.3) is 0 Å². The summed E-state index contributed by atoms with van der Waals surface area (Å²) in [7, 11) is 0. The predicted molar refractivity (Wildman–Crippen MR) is 42.3 cm³/mol. The quantitative estimate of drug-likeness (QED) is 0.476. The Morgan fingerprint density at radius 1 is 1.50 bits per heavy atom. The highest BCUT2D eigenvalue weighted by Crippen LogP contribution is 2.02.